The first kappa shape index (κ1) is 23.9. The molecule has 3 heteroatoms. The molecule has 1 nitrogen and oxygen atoms in total. The van der Waals surface area contributed by atoms with Crippen molar-refractivity contribution in [1.29, 1.82) is 0 Å². The van der Waals surface area contributed by atoms with Crippen LogP contribution < -0.4 is 74.1 Å². The van der Waals surface area contributed by atoms with Gasteiger partial charge in [0.05, 0.1) is 6.16 Å². The number of hydrogen-bond donors (Lipinski definition) is 0. The van der Waals surface area contributed by atoms with Gasteiger partial charge in [0.25, 0.3) is 0 Å². The molecule has 3 aromatic rings. The molecule has 26 heavy (non-hydrogen) atoms. The third kappa shape index (κ3) is 5.44. The van der Waals surface area contributed by atoms with Crippen LogP contribution in [0.25, 0.3) is 5.32 Å². The van der Waals surface area contributed by atoms with Gasteiger partial charge in [-0.15, -0.1) is 6.54 Å². The van der Waals surface area contributed by atoms with Crippen LogP contribution in [0.15, 0.2) is 91.0 Å². The number of hydrogen-bond acceptors (Lipinski definition) is 0. The molecule has 0 aliphatic rings. The Balaban J connectivity index is 0.00000169. The van der Waals surface area contributed by atoms with Crippen LogP contribution in [0.2, 0.25) is 0 Å². The predicted molar refractivity (Wildman–Crippen MR) is 116 cm³/mol. The number of rotatable bonds is 7. The molecule has 3 rings (SSSR count). The summed E-state index contributed by atoms with van der Waals surface area (Å²) < 4.78 is 0. The molecule has 0 amide bonds. The van der Waals surface area contributed by atoms with E-state index in [9.17, 15) is 0 Å². The van der Waals surface area contributed by atoms with E-state index < -0.39 is 7.26 Å². The molecular formula is C23H28NPRb+. The summed E-state index contributed by atoms with van der Waals surface area (Å²) >= 11 is 0. The Kier molecular flexibility index (Phi) is 11.3. The molecule has 0 heterocycles. The third-order valence-corrected chi connectivity index (χ3v) is 8.99. The largest absolute Gasteiger partial charge is 1.00 e. The molecule has 0 saturated heterocycles. The molecule has 0 radical (unpaired) electrons. The van der Waals surface area contributed by atoms with Crippen LogP contribution in [0.1, 0.15) is 13.8 Å². The van der Waals surface area contributed by atoms with Crippen molar-refractivity contribution in [3.8, 4) is 0 Å². The number of nitrogens with zero attached hydrogens (tertiary/aromatic N) is 1. The smallest absolute Gasteiger partial charge is 0.665 e. The minimum Gasteiger partial charge on any atom is -0.665 e. The summed E-state index contributed by atoms with van der Waals surface area (Å²) in [5.74, 6) is 0. The third-order valence-electron chi connectivity index (χ3n) is 4.47. The maximum absolute atomic E-state index is 4.34. The summed E-state index contributed by atoms with van der Waals surface area (Å²) in [5, 5.41) is 8.71. The van der Waals surface area contributed by atoms with E-state index >= 15 is 0 Å². The van der Waals surface area contributed by atoms with Crippen LogP contribution >= 0.6 is 7.26 Å². The van der Waals surface area contributed by atoms with Crippen molar-refractivity contribution >= 4 is 23.2 Å². The molecule has 0 spiro atoms. The summed E-state index contributed by atoms with van der Waals surface area (Å²) in [6.07, 6.45) is 2.27. The fourth-order valence-corrected chi connectivity index (χ4v) is 7.68. The fraction of sp³-hybridized carbons (Fsp3) is 0.217. The zero-order valence-corrected chi connectivity index (χ0v) is 21.0. The number of benzene rings is 3. The van der Waals surface area contributed by atoms with E-state index in [1.807, 2.05) is 7.05 Å². The summed E-state index contributed by atoms with van der Waals surface area (Å²) in [4.78, 5) is 0. The van der Waals surface area contributed by atoms with Gasteiger partial charge in [-0.05, 0) is 42.8 Å². The van der Waals surface area contributed by atoms with Gasteiger partial charge in [-0.2, -0.15) is 7.05 Å². The topological polar surface area (TPSA) is 14.1 Å². The average molecular weight is 435 g/mol. The standard InChI is InChI=1S/C22H24NP.CH4.Rb/c1-23-18-11-19-24(20-12-5-2-6-13-20,21-14-7-3-8-15-21)22-16-9-4-10-17-22;;/h2-10,12-17H,11,18-19H2,1H3;1H4;/q;;+1. The molecule has 0 N–H and O–H groups in total. The Morgan fingerprint density at radius 3 is 1.31 bits per heavy atom. The zero-order chi connectivity index (χ0) is 16.7. The van der Waals surface area contributed by atoms with Crippen LogP contribution in [0.5, 0.6) is 0 Å². The summed E-state index contributed by atoms with van der Waals surface area (Å²) in [5.41, 5.74) is 0. The molecule has 0 fully saturated rings. The van der Waals surface area contributed by atoms with Crippen LogP contribution in [0.4, 0.5) is 0 Å². The first-order chi connectivity index (χ1) is 11.9. The molecule has 0 atom stereocenters. The van der Waals surface area contributed by atoms with Gasteiger partial charge in [-0.3, -0.25) is 0 Å². The molecule has 0 bridgehead atoms. The molecule has 3 aromatic carbocycles. The first-order valence-electron chi connectivity index (χ1n) is 8.48. The monoisotopic (exact) mass is 434 g/mol. The van der Waals surface area contributed by atoms with Crippen LogP contribution in [-0.2, 0) is 0 Å². The normalized spacial score (nSPS) is 10.5. The minimum absolute atomic E-state index is 0. The predicted octanol–water partition coefficient (Wildman–Crippen LogP) is 2.01. The minimum atomic E-state index is -1.64. The molecule has 0 aromatic heterocycles. The Morgan fingerprint density at radius 2 is 1.00 bits per heavy atom. The van der Waals surface area contributed by atoms with Crippen molar-refractivity contribution < 1.29 is 58.2 Å². The zero-order valence-electron chi connectivity index (χ0n) is 15.2. The Morgan fingerprint density at radius 1 is 0.654 bits per heavy atom. The van der Waals surface area contributed by atoms with Crippen molar-refractivity contribution in [2.24, 2.45) is 0 Å². The van der Waals surface area contributed by atoms with Gasteiger partial charge in [-0.25, -0.2) is 0 Å². The van der Waals surface area contributed by atoms with Crippen molar-refractivity contribution in [3.63, 3.8) is 0 Å². The van der Waals surface area contributed by atoms with Gasteiger partial charge in [0.1, 0.15) is 23.2 Å². The van der Waals surface area contributed by atoms with Crippen molar-refractivity contribution in [2.45, 2.75) is 13.8 Å². The first-order valence-corrected chi connectivity index (χ1v) is 10.5. The van der Waals surface area contributed by atoms with Crippen LogP contribution in [0, 0.1) is 0 Å². The Labute approximate surface area is 208 Å². The molecular weight excluding hydrogens is 407 g/mol. The van der Waals surface area contributed by atoms with E-state index in [1.54, 1.807) is 0 Å². The van der Waals surface area contributed by atoms with Crippen LogP contribution in [-0.4, -0.2) is 19.8 Å². The van der Waals surface area contributed by atoms with Gasteiger partial charge in [-0.1, -0.05) is 62.0 Å². The van der Waals surface area contributed by atoms with E-state index in [0.29, 0.717) is 0 Å². The van der Waals surface area contributed by atoms with Crippen molar-refractivity contribution in [2.75, 3.05) is 19.8 Å². The van der Waals surface area contributed by atoms with Gasteiger partial charge >= 0.3 is 58.2 Å². The van der Waals surface area contributed by atoms with Crippen molar-refractivity contribution in [1.82, 2.24) is 0 Å². The van der Waals surface area contributed by atoms with Crippen LogP contribution in [0.3, 0.4) is 0 Å². The van der Waals surface area contributed by atoms with Crippen molar-refractivity contribution in [3.05, 3.63) is 96.3 Å². The van der Waals surface area contributed by atoms with Gasteiger partial charge in [0.2, 0.25) is 0 Å². The van der Waals surface area contributed by atoms with E-state index in [2.05, 4.69) is 96.3 Å². The Hall–Kier alpha value is -0.145. The molecule has 0 aliphatic heterocycles. The van der Waals surface area contributed by atoms with E-state index in [0.717, 1.165) is 19.1 Å². The molecule has 130 valence electrons. The van der Waals surface area contributed by atoms with E-state index in [4.69, 9.17) is 0 Å². The van der Waals surface area contributed by atoms with Gasteiger partial charge < -0.3 is 5.32 Å². The second-order valence-corrected chi connectivity index (χ2v) is 9.55. The Bertz CT molecular complexity index is 635. The maximum atomic E-state index is 4.34. The van der Waals surface area contributed by atoms with Gasteiger partial charge in [0, 0.05) is 0 Å². The second-order valence-electron chi connectivity index (χ2n) is 5.93. The van der Waals surface area contributed by atoms with Gasteiger partial charge in [0.15, 0.2) is 0 Å². The van der Waals surface area contributed by atoms with E-state index in [1.165, 1.54) is 15.9 Å². The molecule has 0 saturated carbocycles. The molecule has 0 unspecified atom stereocenters. The fourth-order valence-electron chi connectivity index (χ4n) is 3.35. The SMILES string of the molecule is C.C[N-]CCC[P+](c1ccccc1)(c1ccccc1)c1ccccc1.[Rb+]. The average Bonchev–Trinajstić information content (AvgIpc) is 2.68. The summed E-state index contributed by atoms with van der Waals surface area (Å²) in [6, 6.07) is 33.1. The summed E-state index contributed by atoms with van der Waals surface area (Å²) in [6.45, 7) is 0.925. The van der Waals surface area contributed by atoms with E-state index in [-0.39, 0.29) is 65.6 Å². The molecule has 0 aliphatic carbocycles. The quantitative estimate of drug-likeness (QED) is 0.399. The second kappa shape index (κ2) is 12.3. The maximum Gasteiger partial charge on any atom is 1.00 e. The summed E-state index contributed by atoms with van der Waals surface area (Å²) in [7, 11) is 0.267.